The van der Waals surface area contributed by atoms with Gasteiger partial charge in [-0.3, -0.25) is 9.88 Å². The van der Waals surface area contributed by atoms with E-state index in [1.54, 1.807) is 18.5 Å². The fourth-order valence-electron chi connectivity index (χ4n) is 2.78. The van der Waals surface area contributed by atoms with E-state index in [1.807, 2.05) is 12.1 Å². The van der Waals surface area contributed by atoms with Gasteiger partial charge in [-0.25, -0.2) is 9.37 Å². The van der Waals surface area contributed by atoms with E-state index >= 15 is 0 Å². The summed E-state index contributed by atoms with van der Waals surface area (Å²) in [6.07, 6.45) is 4.65. The molecule has 0 spiro atoms. The first kappa shape index (κ1) is 15.2. The molecule has 1 aliphatic heterocycles. The molecule has 1 saturated heterocycles. The molecule has 0 aromatic carbocycles. The van der Waals surface area contributed by atoms with E-state index in [1.165, 1.54) is 6.20 Å². The van der Waals surface area contributed by atoms with Gasteiger partial charge in [0, 0.05) is 50.2 Å². The van der Waals surface area contributed by atoms with Crippen molar-refractivity contribution in [3.8, 4) is 0 Å². The first-order valence-corrected chi connectivity index (χ1v) is 7.71. The number of rotatable bonds is 3. The smallest absolute Gasteiger partial charge is 0.147 e. The van der Waals surface area contributed by atoms with Crippen molar-refractivity contribution in [1.82, 2.24) is 14.9 Å². The summed E-state index contributed by atoms with van der Waals surface area (Å²) in [5, 5.41) is 0.670. The minimum atomic E-state index is -0.245. The summed E-state index contributed by atoms with van der Waals surface area (Å²) in [5.74, 6) is 0.579. The largest absolute Gasteiger partial charge is 0.353 e. The molecule has 0 aliphatic carbocycles. The molecule has 2 aromatic rings. The van der Waals surface area contributed by atoms with Crippen LogP contribution in [-0.2, 0) is 6.54 Å². The molecular weight excluding hydrogens is 303 g/mol. The lowest BCUT2D eigenvalue weighted by Gasteiger charge is -2.40. The van der Waals surface area contributed by atoms with Gasteiger partial charge >= 0.3 is 0 Å². The quantitative estimate of drug-likeness (QED) is 0.870. The van der Waals surface area contributed by atoms with Gasteiger partial charge in [0.15, 0.2) is 0 Å². The maximum atomic E-state index is 13.7. The second-order valence-electron chi connectivity index (χ2n) is 5.54. The minimum Gasteiger partial charge on any atom is -0.353 e. The van der Waals surface area contributed by atoms with Crippen LogP contribution in [0.1, 0.15) is 12.5 Å². The van der Waals surface area contributed by atoms with Crippen LogP contribution in [0.2, 0.25) is 5.02 Å². The van der Waals surface area contributed by atoms with Gasteiger partial charge in [0.1, 0.15) is 11.6 Å². The predicted molar refractivity (Wildman–Crippen MR) is 85.5 cm³/mol. The van der Waals surface area contributed by atoms with Gasteiger partial charge in [0.2, 0.25) is 0 Å². The highest BCUT2D eigenvalue weighted by Crippen LogP contribution is 2.25. The lowest BCUT2D eigenvalue weighted by molar-refractivity contribution is 0.178. The Morgan fingerprint density at radius 1 is 1.32 bits per heavy atom. The Labute approximate surface area is 134 Å². The molecule has 1 fully saturated rings. The highest BCUT2D eigenvalue weighted by Gasteiger charge is 2.26. The topological polar surface area (TPSA) is 32.3 Å². The standard InChI is InChI=1S/C16H18ClFN4/c1-12-10-22(16-14(17)3-2-5-20-16)8-7-21(12)11-13-4-6-19-9-15(13)18/h2-6,9,12H,7-8,10-11H2,1H3. The zero-order chi connectivity index (χ0) is 15.5. The third-order valence-electron chi connectivity index (χ3n) is 4.03. The summed E-state index contributed by atoms with van der Waals surface area (Å²) in [6, 6.07) is 5.72. The highest BCUT2D eigenvalue weighted by molar-refractivity contribution is 6.32. The summed E-state index contributed by atoms with van der Waals surface area (Å²) in [5.41, 5.74) is 0.686. The first-order valence-electron chi connectivity index (χ1n) is 7.33. The number of hydrogen-bond acceptors (Lipinski definition) is 4. The molecule has 22 heavy (non-hydrogen) atoms. The van der Waals surface area contributed by atoms with E-state index in [4.69, 9.17) is 11.6 Å². The van der Waals surface area contributed by atoms with Crippen LogP contribution in [0, 0.1) is 5.82 Å². The SMILES string of the molecule is CC1CN(c2ncccc2Cl)CCN1Cc1ccncc1F. The van der Waals surface area contributed by atoms with E-state index in [2.05, 4.69) is 26.7 Å². The van der Waals surface area contributed by atoms with E-state index in [-0.39, 0.29) is 5.82 Å². The monoisotopic (exact) mass is 320 g/mol. The fourth-order valence-corrected chi connectivity index (χ4v) is 3.02. The normalized spacial score (nSPS) is 19.4. The fraction of sp³-hybridized carbons (Fsp3) is 0.375. The van der Waals surface area contributed by atoms with Crippen molar-refractivity contribution in [1.29, 1.82) is 0 Å². The van der Waals surface area contributed by atoms with Crippen molar-refractivity contribution in [3.63, 3.8) is 0 Å². The van der Waals surface area contributed by atoms with Crippen LogP contribution < -0.4 is 4.90 Å². The van der Waals surface area contributed by atoms with Crippen LogP contribution in [0.25, 0.3) is 0 Å². The van der Waals surface area contributed by atoms with Crippen LogP contribution in [0.4, 0.5) is 10.2 Å². The number of piperazine rings is 1. The number of aromatic nitrogens is 2. The second-order valence-corrected chi connectivity index (χ2v) is 5.95. The maximum absolute atomic E-state index is 13.7. The van der Waals surface area contributed by atoms with Gasteiger partial charge < -0.3 is 4.90 Å². The van der Waals surface area contributed by atoms with Gasteiger partial charge in [0.25, 0.3) is 0 Å². The molecular formula is C16H18ClFN4. The molecule has 2 aromatic heterocycles. The van der Waals surface area contributed by atoms with Crippen LogP contribution in [0.3, 0.4) is 0 Å². The molecule has 116 valence electrons. The van der Waals surface area contributed by atoms with E-state index < -0.39 is 0 Å². The number of nitrogens with zero attached hydrogens (tertiary/aromatic N) is 4. The number of anilines is 1. The Hall–Kier alpha value is -1.72. The van der Waals surface area contributed by atoms with Crippen molar-refractivity contribution in [2.24, 2.45) is 0 Å². The van der Waals surface area contributed by atoms with E-state index in [0.717, 1.165) is 25.5 Å². The maximum Gasteiger partial charge on any atom is 0.147 e. The summed E-state index contributed by atoms with van der Waals surface area (Å²) >= 11 is 6.22. The van der Waals surface area contributed by atoms with Gasteiger partial charge in [0.05, 0.1) is 11.2 Å². The Kier molecular flexibility index (Phi) is 4.55. The van der Waals surface area contributed by atoms with Crippen LogP contribution in [-0.4, -0.2) is 40.5 Å². The van der Waals surface area contributed by atoms with Gasteiger partial charge in [-0.05, 0) is 25.1 Å². The molecule has 3 heterocycles. The lowest BCUT2D eigenvalue weighted by Crippen LogP contribution is -2.51. The number of pyridine rings is 2. The third kappa shape index (κ3) is 3.20. The number of hydrogen-bond donors (Lipinski definition) is 0. The minimum absolute atomic E-state index is 0.245. The summed E-state index contributed by atoms with van der Waals surface area (Å²) in [6.45, 7) is 5.23. The first-order chi connectivity index (χ1) is 10.6. The average Bonchev–Trinajstić information content (AvgIpc) is 2.52. The molecule has 1 aliphatic rings. The molecule has 3 rings (SSSR count). The van der Waals surface area contributed by atoms with Crippen LogP contribution >= 0.6 is 11.6 Å². The van der Waals surface area contributed by atoms with E-state index in [0.29, 0.717) is 23.2 Å². The van der Waals surface area contributed by atoms with Crippen molar-refractivity contribution < 1.29 is 4.39 Å². The Bertz CT molecular complexity index is 652. The Morgan fingerprint density at radius 3 is 2.91 bits per heavy atom. The lowest BCUT2D eigenvalue weighted by atomic mass is 10.1. The third-order valence-corrected chi connectivity index (χ3v) is 4.33. The van der Waals surface area contributed by atoms with Gasteiger partial charge in [-0.1, -0.05) is 11.6 Å². The van der Waals surface area contributed by atoms with Crippen LogP contribution in [0.5, 0.6) is 0 Å². The zero-order valence-corrected chi connectivity index (χ0v) is 13.2. The molecule has 1 atom stereocenters. The van der Waals surface area contributed by atoms with Crippen molar-refractivity contribution >= 4 is 17.4 Å². The highest BCUT2D eigenvalue weighted by atomic mass is 35.5. The Morgan fingerprint density at radius 2 is 2.18 bits per heavy atom. The van der Waals surface area contributed by atoms with Crippen molar-refractivity contribution in [2.75, 3.05) is 24.5 Å². The molecule has 4 nitrogen and oxygen atoms in total. The second kappa shape index (κ2) is 6.58. The molecule has 0 bridgehead atoms. The number of halogens is 2. The summed E-state index contributed by atoms with van der Waals surface area (Å²) < 4.78 is 13.7. The molecule has 1 unspecified atom stereocenters. The van der Waals surface area contributed by atoms with Crippen LogP contribution in [0.15, 0.2) is 36.8 Å². The predicted octanol–water partition coefficient (Wildman–Crippen LogP) is 2.98. The van der Waals surface area contributed by atoms with Gasteiger partial charge in [-0.15, -0.1) is 0 Å². The van der Waals surface area contributed by atoms with Gasteiger partial charge in [-0.2, -0.15) is 0 Å². The Balaban J connectivity index is 1.68. The zero-order valence-electron chi connectivity index (χ0n) is 12.4. The molecule has 0 amide bonds. The molecule has 0 saturated carbocycles. The van der Waals surface area contributed by atoms with Crippen molar-refractivity contribution in [3.05, 3.63) is 53.2 Å². The molecule has 6 heteroatoms. The summed E-state index contributed by atoms with van der Waals surface area (Å²) in [4.78, 5) is 12.6. The molecule has 0 radical (unpaired) electrons. The average molecular weight is 321 g/mol. The van der Waals surface area contributed by atoms with Crippen molar-refractivity contribution in [2.45, 2.75) is 19.5 Å². The van der Waals surface area contributed by atoms with E-state index in [9.17, 15) is 4.39 Å². The molecule has 0 N–H and O–H groups in total. The summed E-state index contributed by atoms with van der Waals surface area (Å²) in [7, 11) is 0.